The fourth-order valence-electron chi connectivity index (χ4n) is 1.24. The highest BCUT2D eigenvalue weighted by Gasteiger charge is 2.25. The number of likely N-dealkylation sites (N-methyl/N-ethyl adjacent to an activating group) is 1. The first-order chi connectivity index (χ1) is 6.11. The lowest BCUT2D eigenvalue weighted by Crippen LogP contribution is -2.39. The number of nitrogens with zero attached hydrogens (tertiary/aromatic N) is 1. The van der Waals surface area contributed by atoms with Gasteiger partial charge in [0, 0.05) is 19.1 Å². The van der Waals surface area contributed by atoms with Gasteiger partial charge in [-0.15, -0.1) is 0 Å². The molecule has 0 radical (unpaired) electrons. The van der Waals surface area contributed by atoms with Crippen molar-refractivity contribution in [1.29, 1.82) is 0 Å². The van der Waals surface area contributed by atoms with Gasteiger partial charge in [-0.05, 0) is 26.8 Å². The summed E-state index contributed by atoms with van der Waals surface area (Å²) in [6.07, 6.45) is 2.59. The van der Waals surface area contributed by atoms with E-state index in [9.17, 15) is 4.79 Å². The van der Waals surface area contributed by atoms with Gasteiger partial charge in [0.05, 0.1) is 0 Å². The molecule has 0 spiro atoms. The highest BCUT2D eigenvalue weighted by atomic mass is 16.4. The Morgan fingerprint density at radius 1 is 1.69 bits per heavy atom. The molecule has 4 nitrogen and oxygen atoms in total. The molecule has 4 heteroatoms. The summed E-state index contributed by atoms with van der Waals surface area (Å²) in [5.74, 6) is -0.783. The van der Waals surface area contributed by atoms with Gasteiger partial charge < -0.3 is 15.3 Å². The van der Waals surface area contributed by atoms with Crippen LogP contribution in [0.4, 0.5) is 0 Å². The molecular formula is C9H18N2O2. The lowest BCUT2D eigenvalue weighted by Gasteiger charge is -2.16. The molecule has 1 fully saturated rings. The standard InChI is InChI=1S/C9H18N2O2/c1-7(9(12)13)10-5-6-11(2)8-3-4-8/h7-8,10H,3-6H2,1-2H3,(H,12,13). The zero-order chi connectivity index (χ0) is 9.84. The van der Waals surface area contributed by atoms with Gasteiger partial charge in [0.2, 0.25) is 0 Å². The summed E-state index contributed by atoms with van der Waals surface area (Å²) in [5, 5.41) is 11.5. The third-order valence-electron chi connectivity index (χ3n) is 2.46. The number of carboxylic acid groups (broad SMARTS) is 1. The van der Waals surface area contributed by atoms with Crippen molar-refractivity contribution in [2.24, 2.45) is 0 Å². The number of hydrogen-bond acceptors (Lipinski definition) is 3. The van der Waals surface area contributed by atoms with E-state index in [0.29, 0.717) is 0 Å². The molecule has 1 aliphatic carbocycles. The van der Waals surface area contributed by atoms with Crippen LogP contribution < -0.4 is 5.32 Å². The number of carbonyl (C=O) groups is 1. The lowest BCUT2D eigenvalue weighted by molar-refractivity contribution is -0.139. The number of aliphatic carboxylic acids is 1. The topological polar surface area (TPSA) is 52.6 Å². The van der Waals surface area contributed by atoms with Crippen LogP contribution in [0.3, 0.4) is 0 Å². The highest BCUT2D eigenvalue weighted by Crippen LogP contribution is 2.24. The van der Waals surface area contributed by atoms with Gasteiger partial charge in [0.1, 0.15) is 6.04 Å². The quantitative estimate of drug-likeness (QED) is 0.619. The third-order valence-corrected chi connectivity index (χ3v) is 2.46. The summed E-state index contributed by atoms with van der Waals surface area (Å²) in [6.45, 7) is 3.35. The van der Waals surface area contributed by atoms with E-state index in [2.05, 4.69) is 17.3 Å². The Kier molecular flexibility index (Phi) is 3.69. The van der Waals surface area contributed by atoms with E-state index >= 15 is 0 Å². The molecule has 0 saturated heterocycles. The zero-order valence-electron chi connectivity index (χ0n) is 8.29. The predicted molar refractivity (Wildman–Crippen MR) is 50.8 cm³/mol. The summed E-state index contributed by atoms with van der Waals surface area (Å²) in [7, 11) is 2.09. The molecule has 1 atom stereocenters. The van der Waals surface area contributed by atoms with Gasteiger partial charge in [-0.1, -0.05) is 0 Å². The molecule has 1 rings (SSSR count). The van der Waals surface area contributed by atoms with Crippen molar-refractivity contribution in [1.82, 2.24) is 10.2 Å². The molecule has 0 aromatic heterocycles. The van der Waals surface area contributed by atoms with Gasteiger partial charge in [-0.3, -0.25) is 4.79 Å². The van der Waals surface area contributed by atoms with Gasteiger partial charge in [0.25, 0.3) is 0 Å². The molecule has 0 amide bonds. The molecule has 2 N–H and O–H groups in total. The van der Waals surface area contributed by atoms with Crippen molar-refractivity contribution in [3.63, 3.8) is 0 Å². The molecule has 0 bridgehead atoms. The van der Waals surface area contributed by atoms with E-state index in [1.807, 2.05) is 0 Å². The van der Waals surface area contributed by atoms with Crippen LogP contribution in [-0.4, -0.2) is 48.2 Å². The van der Waals surface area contributed by atoms with Crippen LogP contribution in [0.1, 0.15) is 19.8 Å². The van der Waals surface area contributed by atoms with Crippen LogP contribution in [0.15, 0.2) is 0 Å². The second-order valence-electron chi connectivity index (χ2n) is 3.73. The van der Waals surface area contributed by atoms with Crippen molar-refractivity contribution < 1.29 is 9.90 Å². The summed E-state index contributed by atoms with van der Waals surface area (Å²) in [6, 6.07) is 0.314. The van der Waals surface area contributed by atoms with E-state index < -0.39 is 12.0 Å². The Hall–Kier alpha value is -0.610. The van der Waals surface area contributed by atoms with Crippen molar-refractivity contribution in [3.8, 4) is 0 Å². The first kappa shape index (κ1) is 10.5. The number of carboxylic acids is 1. The number of hydrogen-bond donors (Lipinski definition) is 2. The molecule has 1 aliphatic rings. The molecular weight excluding hydrogens is 168 g/mol. The number of nitrogens with one attached hydrogen (secondary N) is 1. The molecule has 0 aliphatic heterocycles. The van der Waals surface area contributed by atoms with E-state index in [1.165, 1.54) is 12.8 Å². The largest absolute Gasteiger partial charge is 0.480 e. The zero-order valence-corrected chi connectivity index (χ0v) is 8.29. The molecule has 0 aromatic rings. The Morgan fingerprint density at radius 2 is 2.31 bits per heavy atom. The Bertz CT molecular complexity index is 180. The highest BCUT2D eigenvalue weighted by molar-refractivity contribution is 5.72. The van der Waals surface area contributed by atoms with Crippen LogP contribution in [0.2, 0.25) is 0 Å². The summed E-state index contributed by atoms with van der Waals surface area (Å²) in [4.78, 5) is 12.7. The molecule has 0 heterocycles. The second kappa shape index (κ2) is 4.58. The lowest BCUT2D eigenvalue weighted by atomic mass is 10.3. The van der Waals surface area contributed by atoms with Gasteiger partial charge in [0.15, 0.2) is 0 Å². The minimum absolute atomic E-state index is 0.437. The summed E-state index contributed by atoms with van der Waals surface area (Å²) in [5.41, 5.74) is 0. The SMILES string of the molecule is CC(NCCN(C)C1CC1)C(=O)O. The fraction of sp³-hybridized carbons (Fsp3) is 0.889. The van der Waals surface area contributed by atoms with Crippen LogP contribution in [0, 0.1) is 0 Å². The average Bonchev–Trinajstić information content (AvgIpc) is 2.85. The molecule has 1 unspecified atom stereocenters. The monoisotopic (exact) mass is 186 g/mol. The Balaban J connectivity index is 2.02. The van der Waals surface area contributed by atoms with Crippen LogP contribution in [0.25, 0.3) is 0 Å². The van der Waals surface area contributed by atoms with Crippen molar-refractivity contribution in [2.75, 3.05) is 20.1 Å². The van der Waals surface area contributed by atoms with Crippen molar-refractivity contribution in [3.05, 3.63) is 0 Å². The normalized spacial score (nSPS) is 19.0. The first-order valence-corrected chi connectivity index (χ1v) is 4.77. The van der Waals surface area contributed by atoms with E-state index in [1.54, 1.807) is 6.92 Å². The summed E-state index contributed by atoms with van der Waals surface area (Å²) >= 11 is 0. The van der Waals surface area contributed by atoms with Gasteiger partial charge in [-0.25, -0.2) is 0 Å². The van der Waals surface area contributed by atoms with Crippen molar-refractivity contribution >= 4 is 5.97 Å². The molecule has 76 valence electrons. The van der Waals surface area contributed by atoms with E-state index in [0.717, 1.165) is 19.1 Å². The minimum atomic E-state index is -0.783. The fourth-order valence-corrected chi connectivity index (χ4v) is 1.24. The van der Waals surface area contributed by atoms with Gasteiger partial charge in [-0.2, -0.15) is 0 Å². The minimum Gasteiger partial charge on any atom is -0.480 e. The van der Waals surface area contributed by atoms with Crippen LogP contribution in [0.5, 0.6) is 0 Å². The maximum Gasteiger partial charge on any atom is 0.320 e. The smallest absolute Gasteiger partial charge is 0.320 e. The maximum atomic E-state index is 10.4. The Morgan fingerprint density at radius 3 is 2.77 bits per heavy atom. The Labute approximate surface area is 78.9 Å². The third kappa shape index (κ3) is 3.74. The molecule has 13 heavy (non-hydrogen) atoms. The second-order valence-corrected chi connectivity index (χ2v) is 3.73. The van der Waals surface area contributed by atoms with Gasteiger partial charge >= 0.3 is 5.97 Å². The summed E-state index contributed by atoms with van der Waals surface area (Å²) < 4.78 is 0. The predicted octanol–water partition coefficient (Wildman–Crippen LogP) is 0.143. The van der Waals surface area contributed by atoms with E-state index in [4.69, 9.17) is 5.11 Å². The first-order valence-electron chi connectivity index (χ1n) is 4.77. The van der Waals surface area contributed by atoms with E-state index in [-0.39, 0.29) is 0 Å². The molecule has 0 aromatic carbocycles. The van der Waals surface area contributed by atoms with Crippen molar-refractivity contribution in [2.45, 2.75) is 31.8 Å². The maximum absolute atomic E-state index is 10.4. The van der Waals surface area contributed by atoms with Crippen LogP contribution >= 0.6 is 0 Å². The van der Waals surface area contributed by atoms with Crippen LogP contribution in [-0.2, 0) is 4.79 Å². The molecule has 1 saturated carbocycles. The average molecular weight is 186 g/mol. The number of rotatable bonds is 6.